The summed E-state index contributed by atoms with van der Waals surface area (Å²) in [5.41, 5.74) is -2.32. The lowest BCUT2D eigenvalue weighted by molar-refractivity contribution is -0.275. The average Bonchev–Trinajstić information content (AvgIpc) is 3.14. The maximum atomic E-state index is 14.1. The highest BCUT2D eigenvalue weighted by atomic mass is 19.4. The number of aryl methyl sites for hydroxylation is 2. The Morgan fingerprint density at radius 3 is 1.97 bits per heavy atom. The molecule has 1 aliphatic rings. The maximum absolute atomic E-state index is 14.1. The maximum Gasteiger partial charge on any atom is 0.435 e. The van der Waals surface area contributed by atoms with Crippen molar-refractivity contribution < 1.29 is 31.2 Å². The summed E-state index contributed by atoms with van der Waals surface area (Å²) >= 11 is 0. The summed E-state index contributed by atoms with van der Waals surface area (Å²) in [6, 6.07) is 9.70. The van der Waals surface area contributed by atoms with Crippen LogP contribution in [0.15, 0.2) is 41.6 Å². The normalized spacial score (nSPS) is 19.8. The second-order valence-electron chi connectivity index (χ2n) is 6.83. The molecule has 0 N–H and O–H groups in total. The minimum Gasteiger partial charge on any atom is -0.374 e. The predicted octanol–water partition coefficient (Wildman–Crippen LogP) is 6.21. The molecule has 0 saturated heterocycles. The molecule has 0 fully saturated rings. The van der Waals surface area contributed by atoms with Gasteiger partial charge < -0.3 is 4.84 Å². The standard InChI is InChI=1S/C21H18F6NO/c1-3-13-9-14(4-2)11-17(10-13)19(21(25,26)27)12-18(28-29-19)15-5-7-16(8-6-15)20(22,23)24/h5-8,10-11H,3-4,12H2,1-2H3. The van der Waals surface area contributed by atoms with Gasteiger partial charge in [-0.1, -0.05) is 43.3 Å². The molecule has 1 radical (unpaired) electrons. The molecule has 0 bridgehead atoms. The van der Waals surface area contributed by atoms with Crippen LogP contribution < -0.4 is 0 Å². The van der Waals surface area contributed by atoms with Crippen molar-refractivity contribution in [2.45, 2.75) is 51.1 Å². The van der Waals surface area contributed by atoms with Gasteiger partial charge in [-0.15, -0.1) is 0 Å². The van der Waals surface area contributed by atoms with Gasteiger partial charge in [-0.05, 0) is 47.7 Å². The summed E-state index contributed by atoms with van der Waals surface area (Å²) < 4.78 is 80.6. The zero-order chi connectivity index (χ0) is 21.4. The van der Waals surface area contributed by atoms with Gasteiger partial charge in [0.05, 0.1) is 11.3 Å². The van der Waals surface area contributed by atoms with Crippen molar-refractivity contribution in [2.24, 2.45) is 5.16 Å². The van der Waals surface area contributed by atoms with E-state index < -0.39 is 29.9 Å². The fourth-order valence-corrected chi connectivity index (χ4v) is 3.22. The summed E-state index contributed by atoms with van der Waals surface area (Å²) in [7, 11) is 0. The summed E-state index contributed by atoms with van der Waals surface area (Å²) in [5, 5.41) is 3.61. The molecule has 8 heteroatoms. The van der Waals surface area contributed by atoms with Crippen molar-refractivity contribution in [1.29, 1.82) is 0 Å². The smallest absolute Gasteiger partial charge is 0.374 e. The largest absolute Gasteiger partial charge is 0.435 e. The van der Waals surface area contributed by atoms with Crippen molar-refractivity contribution in [3.8, 4) is 0 Å². The number of benzene rings is 2. The molecule has 0 spiro atoms. The van der Waals surface area contributed by atoms with Crippen LogP contribution in [0.1, 0.15) is 48.1 Å². The highest BCUT2D eigenvalue weighted by Crippen LogP contribution is 2.49. The van der Waals surface area contributed by atoms with Gasteiger partial charge in [0, 0.05) is 12.0 Å². The average molecular weight is 414 g/mol. The van der Waals surface area contributed by atoms with Crippen LogP contribution in [0.4, 0.5) is 26.3 Å². The summed E-state index contributed by atoms with van der Waals surface area (Å²) in [6.45, 7) is 3.63. The van der Waals surface area contributed by atoms with Crippen LogP contribution >= 0.6 is 0 Å². The van der Waals surface area contributed by atoms with E-state index in [4.69, 9.17) is 4.84 Å². The second kappa shape index (κ2) is 7.39. The van der Waals surface area contributed by atoms with Gasteiger partial charge in [-0.2, -0.15) is 26.3 Å². The van der Waals surface area contributed by atoms with Crippen molar-refractivity contribution in [3.63, 3.8) is 0 Å². The quantitative estimate of drug-likeness (QED) is 0.545. The molecule has 2 aromatic carbocycles. The lowest BCUT2D eigenvalue weighted by atomic mass is 9.84. The predicted molar refractivity (Wildman–Crippen MR) is 95.5 cm³/mol. The first-order valence-corrected chi connectivity index (χ1v) is 9.05. The molecular weight excluding hydrogens is 396 g/mol. The van der Waals surface area contributed by atoms with E-state index in [1.165, 1.54) is 12.1 Å². The van der Waals surface area contributed by atoms with Gasteiger partial charge >= 0.3 is 12.4 Å². The summed E-state index contributed by atoms with van der Waals surface area (Å²) in [4.78, 5) is 4.98. The van der Waals surface area contributed by atoms with Crippen LogP contribution in [-0.2, 0) is 29.5 Å². The lowest BCUT2D eigenvalue weighted by Crippen LogP contribution is -2.42. The van der Waals surface area contributed by atoms with Crippen molar-refractivity contribution in [1.82, 2.24) is 0 Å². The second-order valence-corrected chi connectivity index (χ2v) is 6.83. The Kier molecular flexibility index (Phi) is 5.40. The third-order valence-electron chi connectivity index (χ3n) is 4.94. The molecule has 1 aliphatic heterocycles. The molecule has 1 heterocycles. The topological polar surface area (TPSA) is 21.6 Å². The minimum atomic E-state index is -4.78. The van der Waals surface area contributed by atoms with Crippen molar-refractivity contribution >= 4 is 5.71 Å². The zero-order valence-corrected chi connectivity index (χ0v) is 15.7. The van der Waals surface area contributed by atoms with Crippen LogP contribution in [0.3, 0.4) is 0 Å². The molecule has 155 valence electrons. The molecule has 2 nitrogen and oxygen atoms in total. The molecule has 0 amide bonds. The first kappa shape index (κ1) is 21.2. The Morgan fingerprint density at radius 2 is 1.52 bits per heavy atom. The van der Waals surface area contributed by atoms with E-state index in [9.17, 15) is 26.3 Å². The van der Waals surface area contributed by atoms with Crippen molar-refractivity contribution in [2.75, 3.05) is 0 Å². The van der Waals surface area contributed by atoms with E-state index in [0.717, 1.165) is 24.3 Å². The van der Waals surface area contributed by atoms with Crippen LogP contribution in [0, 0.1) is 6.07 Å². The Labute approximate surface area is 164 Å². The Bertz CT molecular complexity index is 892. The van der Waals surface area contributed by atoms with E-state index in [1.54, 1.807) is 0 Å². The van der Waals surface area contributed by atoms with Crippen LogP contribution in [0.5, 0.6) is 0 Å². The number of nitrogens with zero attached hydrogens (tertiary/aromatic N) is 1. The number of alkyl halides is 6. The van der Waals surface area contributed by atoms with Gasteiger partial charge in [0.15, 0.2) is 0 Å². The van der Waals surface area contributed by atoms with Gasteiger partial charge in [-0.25, -0.2) is 0 Å². The lowest BCUT2D eigenvalue weighted by Gasteiger charge is -2.30. The van der Waals surface area contributed by atoms with E-state index in [-0.39, 0.29) is 16.8 Å². The highest BCUT2D eigenvalue weighted by Gasteiger charge is 2.62. The third-order valence-corrected chi connectivity index (χ3v) is 4.94. The fourth-order valence-electron chi connectivity index (χ4n) is 3.22. The SMILES string of the molecule is CCc1[c]c(CC)cc(C2(C(F)(F)F)CC(c3ccc(C(F)(F)F)cc3)=NO2)c1. The zero-order valence-electron chi connectivity index (χ0n) is 15.7. The third kappa shape index (κ3) is 3.97. The fraction of sp³-hybridized carbons (Fsp3) is 0.381. The number of rotatable bonds is 4. The molecule has 1 unspecified atom stereocenters. The van der Waals surface area contributed by atoms with Gasteiger partial charge in [0.1, 0.15) is 0 Å². The molecule has 0 saturated carbocycles. The number of halogens is 6. The Morgan fingerprint density at radius 1 is 0.966 bits per heavy atom. The molecular formula is C21H18F6NO. The van der Waals surface area contributed by atoms with Crippen LogP contribution in [0.25, 0.3) is 0 Å². The summed E-state index contributed by atoms with van der Waals surface area (Å²) in [5.74, 6) is 0. The van der Waals surface area contributed by atoms with Gasteiger partial charge in [0.25, 0.3) is 5.60 Å². The Hall–Kier alpha value is -2.51. The van der Waals surface area contributed by atoms with Gasteiger partial charge in [-0.3, -0.25) is 0 Å². The highest BCUT2D eigenvalue weighted by molar-refractivity contribution is 6.01. The van der Waals surface area contributed by atoms with E-state index in [0.29, 0.717) is 24.0 Å². The number of hydrogen-bond donors (Lipinski definition) is 0. The molecule has 2 aromatic rings. The monoisotopic (exact) mass is 414 g/mol. The van der Waals surface area contributed by atoms with Crippen LogP contribution in [0.2, 0.25) is 0 Å². The van der Waals surface area contributed by atoms with E-state index in [1.807, 2.05) is 13.8 Å². The molecule has 0 aromatic heterocycles. The Balaban J connectivity index is 2.00. The molecule has 3 rings (SSSR count). The number of hydrogen-bond acceptors (Lipinski definition) is 2. The van der Waals surface area contributed by atoms with E-state index in [2.05, 4.69) is 11.2 Å². The summed E-state index contributed by atoms with van der Waals surface area (Å²) in [6.07, 6.45) is -8.93. The number of oxime groups is 1. The first-order chi connectivity index (χ1) is 13.5. The van der Waals surface area contributed by atoms with E-state index >= 15 is 0 Å². The van der Waals surface area contributed by atoms with Gasteiger partial charge in [0.2, 0.25) is 0 Å². The molecule has 1 atom stereocenters. The van der Waals surface area contributed by atoms with Crippen LogP contribution in [-0.4, -0.2) is 11.9 Å². The van der Waals surface area contributed by atoms with Crippen molar-refractivity contribution in [3.05, 3.63) is 70.3 Å². The molecule has 0 aliphatic carbocycles. The molecule has 29 heavy (non-hydrogen) atoms. The first-order valence-electron chi connectivity index (χ1n) is 9.05. The minimum absolute atomic E-state index is 0.0556.